The third kappa shape index (κ3) is 5.98. The van der Waals surface area contributed by atoms with Gasteiger partial charge in [0.25, 0.3) is 11.6 Å². The van der Waals surface area contributed by atoms with Gasteiger partial charge < -0.3 is 10.1 Å². The van der Waals surface area contributed by atoms with Crippen LogP contribution in [0.4, 0.5) is 18.9 Å². The number of carbonyl (C=O) groups is 2. The Labute approximate surface area is 192 Å². The monoisotopic (exact) mass is 475 g/mol. The molecule has 0 aliphatic carbocycles. The molecular formula is C23H20F3N3O5. The molecule has 0 saturated heterocycles. The molecule has 0 aliphatic rings. The van der Waals surface area contributed by atoms with Crippen molar-refractivity contribution in [3.8, 4) is 6.07 Å². The van der Waals surface area contributed by atoms with Crippen LogP contribution >= 0.6 is 0 Å². The Balaban J connectivity index is 2.65. The van der Waals surface area contributed by atoms with Crippen LogP contribution in [0.15, 0.2) is 48.2 Å². The maximum Gasteiger partial charge on any atom is 0.416 e. The summed E-state index contributed by atoms with van der Waals surface area (Å²) in [6.45, 7) is 4.88. The molecule has 0 saturated carbocycles. The molecule has 2 aromatic carbocycles. The number of alkyl halides is 3. The third-order valence-electron chi connectivity index (χ3n) is 4.64. The Hall–Kier alpha value is -4.20. The molecule has 178 valence electrons. The zero-order chi connectivity index (χ0) is 25.8. The number of amides is 1. The lowest BCUT2D eigenvalue weighted by Crippen LogP contribution is -2.31. The molecule has 2 rings (SSSR count). The first-order chi connectivity index (χ1) is 15.7. The molecule has 0 radical (unpaired) electrons. The van der Waals surface area contributed by atoms with Crippen molar-refractivity contribution < 1.29 is 32.4 Å². The van der Waals surface area contributed by atoms with E-state index in [1.54, 1.807) is 20.8 Å². The highest BCUT2D eigenvalue weighted by molar-refractivity contribution is 6.00. The average molecular weight is 475 g/mol. The van der Waals surface area contributed by atoms with Gasteiger partial charge in [-0.05, 0) is 23.8 Å². The number of methoxy groups -OCH3 is 1. The number of ether oxygens (including phenoxy) is 1. The number of nitrogens with zero attached hydrogens (tertiary/aromatic N) is 2. The quantitative estimate of drug-likeness (QED) is 0.277. The van der Waals surface area contributed by atoms with Crippen molar-refractivity contribution in [3.63, 3.8) is 0 Å². The Morgan fingerprint density at radius 1 is 1.06 bits per heavy atom. The Morgan fingerprint density at radius 2 is 1.68 bits per heavy atom. The first-order valence-corrected chi connectivity index (χ1v) is 9.70. The minimum absolute atomic E-state index is 0.00884. The number of nitrogens with one attached hydrogen (secondary N) is 1. The topological polar surface area (TPSA) is 122 Å². The summed E-state index contributed by atoms with van der Waals surface area (Å²) in [6.07, 6.45) is -4.64. The molecule has 0 aliphatic heterocycles. The Morgan fingerprint density at radius 3 is 2.18 bits per heavy atom. The van der Waals surface area contributed by atoms with Gasteiger partial charge in [-0.25, -0.2) is 4.79 Å². The first kappa shape index (κ1) is 26.1. The minimum Gasteiger partial charge on any atom is -0.465 e. The largest absolute Gasteiger partial charge is 0.465 e. The van der Waals surface area contributed by atoms with Crippen molar-refractivity contribution in [1.82, 2.24) is 5.32 Å². The third-order valence-corrected chi connectivity index (χ3v) is 4.64. The second kappa shape index (κ2) is 9.74. The van der Waals surface area contributed by atoms with Crippen molar-refractivity contribution in [2.75, 3.05) is 7.11 Å². The molecule has 0 aromatic heterocycles. The summed E-state index contributed by atoms with van der Waals surface area (Å²) in [5.41, 5.74) is -3.28. The summed E-state index contributed by atoms with van der Waals surface area (Å²) in [6, 6.07) is 8.87. The fourth-order valence-corrected chi connectivity index (χ4v) is 3.01. The van der Waals surface area contributed by atoms with Crippen LogP contribution in [0.1, 0.15) is 52.6 Å². The number of allylic oxidation sites excluding steroid dienone is 2. The molecule has 8 nitrogen and oxygen atoms in total. The van der Waals surface area contributed by atoms with Crippen molar-refractivity contribution in [1.29, 1.82) is 5.26 Å². The number of rotatable bonds is 5. The van der Waals surface area contributed by atoms with Crippen LogP contribution < -0.4 is 5.32 Å². The number of nitro groups is 1. The summed E-state index contributed by atoms with van der Waals surface area (Å²) in [7, 11) is 1.07. The van der Waals surface area contributed by atoms with Gasteiger partial charge in [0.2, 0.25) is 0 Å². The molecule has 1 N–H and O–H groups in total. The van der Waals surface area contributed by atoms with Crippen LogP contribution in [-0.4, -0.2) is 23.9 Å². The molecule has 34 heavy (non-hydrogen) atoms. The van der Waals surface area contributed by atoms with Crippen molar-refractivity contribution >= 4 is 23.1 Å². The highest BCUT2D eigenvalue weighted by Gasteiger charge is 2.32. The van der Waals surface area contributed by atoms with Gasteiger partial charge in [0, 0.05) is 28.8 Å². The number of hydrogen-bond donors (Lipinski definition) is 1. The number of benzene rings is 2. The van der Waals surface area contributed by atoms with Crippen LogP contribution in [0.2, 0.25) is 0 Å². The SMILES string of the molecule is COC(=O)c1cc(C(=O)NC(=C(C#N)c2cccc(C(F)(F)F)c2)C(C)(C)C)cc([N+](=O)[O-])c1. The van der Waals surface area contributed by atoms with Gasteiger partial charge in [0.1, 0.15) is 6.07 Å². The highest BCUT2D eigenvalue weighted by Crippen LogP contribution is 2.34. The lowest BCUT2D eigenvalue weighted by atomic mass is 9.86. The van der Waals surface area contributed by atoms with Crippen LogP contribution in [0.25, 0.3) is 5.57 Å². The van der Waals surface area contributed by atoms with Gasteiger partial charge in [-0.2, -0.15) is 18.4 Å². The number of hydrogen-bond acceptors (Lipinski definition) is 6. The van der Waals surface area contributed by atoms with E-state index < -0.39 is 39.6 Å². The van der Waals surface area contributed by atoms with E-state index >= 15 is 0 Å². The van der Waals surface area contributed by atoms with Crippen molar-refractivity contribution in [2.45, 2.75) is 26.9 Å². The summed E-state index contributed by atoms with van der Waals surface area (Å²) in [4.78, 5) is 35.3. The summed E-state index contributed by atoms with van der Waals surface area (Å²) < 4.78 is 44.1. The zero-order valence-corrected chi connectivity index (χ0v) is 18.6. The second-order valence-electron chi connectivity index (χ2n) is 8.16. The van der Waals surface area contributed by atoms with E-state index in [9.17, 15) is 38.1 Å². The van der Waals surface area contributed by atoms with Crippen molar-refractivity contribution in [2.24, 2.45) is 5.41 Å². The second-order valence-corrected chi connectivity index (χ2v) is 8.16. The molecular weight excluding hydrogens is 455 g/mol. The van der Waals surface area contributed by atoms with E-state index in [4.69, 9.17) is 0 Å². The van der Waals surface area contributed by atoms with Crippen LogP contribution in [-0.2, 0) is 10.9 Å². The van der Waals surface area contributed by atoms with Crippen LogP contribution in [0.3, 0.4) is 0 Å². The molecule has 0 atom stereocenters. The molecule has 2 aromatic rings. The Bertz CT molecular complexity index is 1220. The van der Waals surface area contributed by atoms with Crippen LogP contribution in [0.5, 0.6) is 0 Å². The molecule has 0 heterocycles. The van der Waals surface area contributed by atoms with Gasteiger partial charge in [0.15, 0.2) is 0 Å². The average Bonchev–Trinajstić information content (AvgIpc) is 2.76. The number of esters is 1. The van der Waals surface area contributed by atoms with Gasteiger partial charge in [0.05, 0.1) is 28.7 Å². The van der Waals surface area contributed by atoms with E-state index in [-0.39, 0.29) is 28.0 Å². The summed E-state index contributed by atoms with van der Waals surface area (Å²) >= 11 is 0. The van der Waals surface area contributed by atoms with Crippen LogP contribution in [0, 0.1) is 26.9 Å². The molecule has 11 heteroatoms. The number of non-ortho nitro benzene ring substituents is 1. The lowest BCUT2D eigenvalue weighted by molar-refractivity contribution is -0.384. The van der Waals surface area contributed by atoms with E-state index in [1.807, 2.05) is 6.07 Å². The zero-order valence-electron chi connectivity index (χ0n) is 18.6. The summed E-state index contributed by atoms with van der Waals surface area (Å²) in [5.74, 6) is -1.82. The number of carbonyl (C=O) groups excluding carboxylic acids is 2. The smallest absolute Gasteiger partial charge is 0.416 e. The van der Waals surface area contributed by atoms with E-state index in [0.29, 0.717) is 0 Å². The van der Waals surface area contributed by atoms with Gasteiger partial charge in [-0.15, -0.1) is 0 Å². The standard InChI is InChI=1S/C23H20F3N3O5/c1-22(2,3)19(18(12-27)13-6-5-7-16(9-13)23(24,25)26)28-20(30)14-8-15(21(31)34-4)11-17(10-14)29(32)33/h5-11H,1-4H3,(H,28,30). The fourth-order valence-electron chi connectivity index (χ4n) is 3.01. The van der Waals surface area contributed by atoms with E-state index in [2.05, 4.69) is 10.1 Å². The van der Waals surface area contributed by atoms with E-state index in [0.717, 1.165) is 43.5 Å². The van der Waals surface area contributed by atoms with Gasteiger partial charge in [-0.1, -0.05) is 32.9 Å². The fraction of sp³-hybridized carbons (Fsp3) is 0.261. The molecule has 1 amide bonds. The predicted octanol–water partition coefficient (Wildman–Crippen LogP) is 5.11. The molecule has 0 unspecified atom stereocenters. The van der Waals surface area contributed by atoms with Gasteiger partial charge >= 0.3 is 12.1 Å². The normalized spacial score (nSPS) is 12.3. The maximum absolute atomic E-state index is 13.2. The number of nitriles is 1. The first-order valence-electron chi connectivity index (χ1n) is 9.70. The van der Waals surface area contributed by atoms with Crippen molar-refractivity contribution in [3.05, 3.63) is 80.5 Å². The molecule has 0 fully saturated rings. The predicted molar refractivity (Wildman–Crippen MR) is 115 cm³/mol. The number of nitro benzene ring substituents is 1. The maximum atomic E-state index is 13.2. The molecule has 0 spiro atoms. The lowest BCUT2D eigenvalue weighted by Gasteiger charge is -2.26. The number of halogens is 3. The molecule has 0 bridgehead atoms. The minimum atomic E-state index is -4.64. The van der Waals surface area contributed by atoms with Gasteiger partial charge in [-0.3, -0.25) is 14.9 Å². The summed E-state index contributed by atoms with van der Waals surface area (Å²) in [5, 5.41) is 23.5. The highest BCUT2D eigenvalue weighted by atomic mass is 19.4. The van der Waals surface area contributed by atoms with E-state index in [1.165, 1.54) is 6.07 Å². The Kier molecular flexibility index (Phi) is 7.47.